The molecule has 0 N–H and O–H groups in total. The first-order valence-electron chi connectivity index (χ1n) is 8.76. The zero-order chi connectivity index (χ0) is 19.3. The Morgan fingerprint density at radius 3 is 2.79 bits per heavy atom. The smallest absolute Gasteiger partial charge is 0.251 e. The summed E-state index contributed by atoms with van der Waals surface area (Å²) in [6.07, 6.45) is -0.0984. The Kier molecular flexibility index (Phi) is 4.50. The number of carbonyl (C=O) groups excluding carboxylic acids is 1. The lowest BCUT2D eigenvalue weighted by Crippen LogP contribution is -2.45. The van der Waals surface area contributed by atoms with Crippen molar-refractivity contribution in [2.45, 2.75) is 18.7 Å². The van der Waals surface area contributed by atoms with E-state index in [1.165, 1.54) is 0 Å². The number of hydrazone groups is 1. The maximum absolute atomic E-state index is 13.2. The summed E-state index contributed by atoms with van der Waals surface area (Å²) in [5.41, 5.74) is 2.51. The quantitative estimate of drug-likeness (QED) is 0.444. The number of carbonyl (C=O) groups is 1. The number of ether oxygens (including phenoxy) is 1. The second-order valence-corrected chi connectivity index (χ2v) is 8.95. The van der Waals surface area contributed by atoms with E-state index < -0.39 is 6.23 Å². The van der Waals surface area contributed by atoms with Crippen molar-refractivity contribution in [3.05, 3.63) is 85.5 Å². The molecule has 0 unspecified atom stereocenters. The summed E-state index contributed by atoms with van der Waals surface area (Å²) >= 11 is 11.3. The van der Waals surface area contributed by atoms with Gasteiger partial charge in [-0.2, -0.15) is 5.10 Å². The minimum atomic E-state index is -0.808. The molecule has 2 aromatic carbocycles. The number of rotatable bonds is 3. The molecule has 2 aliphatic heterocycles. The first kappa shape index (κ1) is 17.9. The molecule has 0 radical (unpaired) electrons. The molecule has 0 amide bonds. The summed E-state index contributed by atoms with van der Waals surface area (Å²) in [6.45, 7) is 0. The van der Waals surface area contributed by atoms with Crippen LogP contribution in [0.5, 0.6) is 5.75 Å². The van der Waals surface area contributed by atoms with Gasteiger partial charge in [-0.15, -0.1) is 11.3 Å². The van der Waals surface area contributed by atoms with Crippen molar-refractivity contribution in [1.29, 1.82) is 0 Å². The van der Waals surface area contributed by atoms with E-state index in [0.29, 0.717) is 22.8 Å². The summed E-state index contributed by atoms with van der Waals surface area (Å²) in [6, 6.07) is 16.8. The molecule has 2 atom stereocenters. The Bertz CT molecular complexity index is 1080. The van der Waals surface area contributed by atoms with Crippen molar-refractivity contribution in [3.63, 3.8) is 0 Å². The number of benzene rings is 2. The summed E-state index contributed by atoms with van der Waals surface area (Å²) in [7, 11) is 0. The van der Waals surface area contributed by atoms with E-state index in [-0.39, 0.29) is 11.8 Å². The molecular formula is C21H14BrClN2O2S. The largest absolute Gasteiger partial charge is 0.461 e. The van der Waals surface area contributed by atoms with Crippen molar-refractivity contribution in [2.75, 3.05) is 0 Å². The van der Waals surface area contributed by atoms with Gasteiger partial charge in [-0.1, -0.05) is 45.7 Å². The molecule has 3 aromatic rings. The lowest BCUT2D eigenvalue weighted by molar-refractivity contribution is -0.00455. The van der Waals surface area contributed by atoms with Gasteiger partial charge in [-0.3, -0.25) is 4.79 Å². The van der Waals surface area contributed by atoms with E-state index in [1.807, 2.05) is 41.8 Å². The minimum Gasteiger partial charge on any atom is -0.461 e. The Hall–Kier alpha value is -2.15. The van der Waals surface area contributed by atoms with Crippen LogP contribution in [0.3, 0.4) is 0 Å². The Morgan fingerprint density at radius 2 is 2.04 bits per heavy atom. The fourth-order valence-electron chi connectivity index (χ4n) is 3.58. The van der Waals surface area contributed by atoms with Crippen LogP contribution < -0.4 is 4.74 Å². The summed E-state index contributed by atoms with van der Waals surface area (Å²) < 4.78 is 7.04. The molecule has 0 fully saturated rings. The number of hydrogen-bond acceptors (Lipinski definition) is 5. The van der Waals surface area contributed by atoms with Crippen LogP contribution in [0.25, 0.3) is 0 Å². The van der Waals surface area contributed by atoms with Crippen LogP contribution in [-0.4, -0.2) is 22.7 Å². The van der Waals surface area contributed by atoms with Gasteiger partial charge in [0.05, 0.1) is 16.6 Å². The number of fused-ring (bicyclic) bond motifs is 3. The average molecular weight is 474 g/mol. The number of Topliss-reactive ketones (excluding diaryl/α,β-unsaturated/α-hetero) is 1. The molecule has 0 spiro atoms. The standard InChI is InChI=1S/C21H14BrClN2O2S/c22-13-5-3-12(4-6-13)20(26)21-25-17(11-16(24-25)19-2-1-9-28-19)15-10-14(23)7-8-18(15)27-21/h1-10,17,21H,11H2/t17-,21+/m1/s1. The molecule has 0 aliphatic carbocycles. The van der Waals surface area contributed by atoms with Crippen LogP contribution in [-0.2, 0) is 0 Å². The highest BCUT2D eigenvalue weighted by molar-refractivity contribution is 9.10. The molecule has 2 aliphatic rings. The molecule has 3 heterocycles. The maximum atomic E-state index is 13.2. The molecule has 0 saturated carbocycles. The third kappa shape index (κ3) is 3.05. The van der Waals surface area contributed by atoms with Crippen molar-refractivity contribution in [3.8, 4) is 5.75 Å². The second-order valence-electron chi connectivity index (χ2n) is 6.65. The van der Waals surface area contributed by atoms with Crippen LogP contribution in [0.4, 0.5) is 0 Å². The number of hydrogen-bond donors (Lipinski definition) is 0. The molecule has 4 nitrogen and oxygen atoms in total. The number of halogens is 2. The Balaban J connectivity index is 1.57. The highest BCUT2D eigenvalue weighted by atomic mass is 79.9. The third-order valence-electron chi connectivity index (χ3n) is 4.91. The van der Waals surface area contributed by atoms with Crippen LogP contribution in [0, 0.1) is 0 Å². The minimum absolute atomic E-state index is 0.0797. The Morgan fingerprint density at radius 1 is 1.21 bits per heavy atom. The molecule has 0 saturated heterocycles. The van der Waals surface area contributed by atoms with Gasteiger partial charge < -0.3 is 4.74 Å². The molecule has 7 heteroatoms. The van der Waals surface area contributed by atoms with Crippen LogP contribution in [0.1, 0.15) is 33.3 Å². The molecule has 5 rings (SSSR count). The summed E-state index contributed by atoms with van der Waals surface area (Å²) in [4.78, 5) is 14.4. The lowest BCUT2D eigenvalue weighted by atomic mass is 9.97. The van der Waals surface area contributed by atoms with Crippen LogP contribution >= 0.6 is 38.9 Å². The molecule has 28 heavy (non-hydrogen) atoms. The summed E-state index contributed by atoms with van der Waals surface area (Å²) in [5.74, 6) is 0.568. The van der Waals surface area contributed by atoms with Gasteiger partial charge in [0.15, 0.2) is 0 Å². The van der Waals surface area contributed by atoms with Crippen molar-refractivity contribution in [2.24, 2.45) is 5.10 Å². The Labute approximate surface area is 179 Å². The van der Waals surface area contributed by atoms with Gasteiger partial charge in [-0.05, 0) is 41.8 Å². The zero-order valence-corrected chi connectivity index (χ0v) is 17.7. The van der Waals surface area contributed by atoms with Gasteiger partial charge in [0.25, 0.3) is 6.23 Å². The van der Waals surface area contributed by atoms with Gasteiger partial charge in [0.1, 0.15) is 5.75 Å². The molecule has 0 bridgehead atoms. The highest BCUT2D eigenvalue weighted by Gasteiger charge is 2.43. The molecule has 1 aromatic heterocycles. The topological polar surface area (TPSA) is 41.9 Å². The fraction of sp³-hybridized carbons (Fsp3) is 0.143. The monoisotopic (exact) mass is 472 g/mol. The van der Waals surface area contributed by atoms with E-state index in [9.17, 15) is 4.79 Å². The van der Waals surface area contributed by atoms with Gasteiger partial charge in [0.2, 0.25) is 5.78 Å². The van der Waals surface area contributed by atoms with E-state index in [1.54, 1.807) is 34.5 Å². The van der Waals surface area contributed by atoms with E-state index in [0.717, 1.165) is 20.6 Å². The number of nitrogens with zero attached hydrogens (tertiary/aromatic N) is 2. The van der Waals surface area contributed by atoms with Crippen LogP contribution in [0.15, 0.2) is 69.6 Å². The SMILES string of the molecule is O=C(c1ccc(Br)cc1)[C@@H]1Oc2ccc(Cl)cc2[C@H]2CC(c3cccs3)=NN21. The molecular weight excluding hydrogens is 460 g/mol. The predicted octanol–water partition coefficient (Wildman–Crippen LogP) is 5.92. The zero-order valence-electron chi connectivity index (χ0n) is 14.5. The highest BCUT2D eigenvalue weighted by Crippen LogP contribution is 2.44. The lowest BCUT2D eigenvalue weighted by Gasteiger charge is -2.37. The van der Waals surface area contributed by atoms with Gasteiger partial charge in [0, 0.05) is 27.0 Å². The number of thiophene rings is 1. The van der Waals surface area contributed by atoms with E-state index in [4.69, 9.17) is 21.4 Å². The first-order valence-corrected chi connectivity index (χ1v) is 10.8. The second kappa shape index (κ2) is 7.03. The van der Waals surface area contributed by atoms with Gasteiger partial charge in [-0.25, -0.2) is 5.01 Å². The van der Waals surface area contributed by atoms with Gasteiger partial charge >= 0.3 is 0 Å². The van der Waals surface area contributed by atoms with Crippen LogP contribution in [0.2, 0.25) is 5.02 Å². The van der Waals surface area contributed by atoms with E-state index >= 15 is 0 Å². The number of ketones is 1. The predicted molar refractivity (Wildman–Crippen MR) is 114 cm³/mol. The van der Waals surface area contributed by atoms with Crippen molar-refractivity contribution >= 4 is 50.4 Å². The fourth-order valence-corrected chi connectivity index (χ4v) is 4.75. The average Bonchev–Trinajstić information content (AvgIpc) is 3.37. The van der Waals surface area contributed by atoms with E-state index in [2.05, 4.69) is 15.9 Å². The normalized spacial score (nSPS) is 20.2. The maximum Gasteiger partial charge on any atom is 0.251 e. The van der Waals surface area contributed by atoms with Crippen molar-refractivity contribution in [1.82, 2.24) is 5.01 Å². The summed E-state index contributed by atoms with van der Waals surface area (Å²) in [5, 5.41) is 9.25. The third-order valence-corrected chi connectivity index (χ3v) is 6.59. The van der Waals surface area contributed by atoms with Crippen molar-refractivity contribution < 1.29 is 9.53 Å². The molecule has 140 valence electrons. The first-order chi connectivity index (χ1) is 13.6.